The first-order valence-electron chi connectivity index (χ1n) is 7.54. The van der Waals surface area contributed by atoms with Crippen LogP contribution < -0.4 is 5.32 Å². The number of anilines is 1. The molecule has 1 nitrogen and oxygen atoms in total. The van der Waals surface area contributed by atoms with E-state index in [1.54, 1.807) is 0 Å². The second-order valence-corrected chi connectivity index (χ2v) is 5.82. The molecule has 1 N–H and O–H groups in total. The lowest BCUT2D eigenvalue weighted by molar-refractivity contribution is 0.866. The highest BCUT2D eigenvalue weighted by molar-refractivity contribution is 5.83. The second-order valence-electron chi connectivity index (χ2n) is 5.82. The van der Waals surface area contributed by atoms with Gasteiger partial charge in [-0.25, -0.2) is 0 Å². The molecule has 0 radical (unpaired) electrons. The van der Waals surface area contributed by atoms with E-state index >= 15 is 0 Å². The van der Waals surface area contributed by atoms with Crippen LogP contribution in [0.3, 0.4) is 0 Å². The van der Waals surface area contributed by atoms with Gasteiger partial charge < -0.3 is 5.32 Å². The zero-order valence-electron chi connectivity index (χ0n) is 12.6. The van der Waals surface area contributed by atoms with Gasteiger partial charge in [-0.3, -0.25) is 0 Å². The second kappa shape index (κ2) is 6.01. The third kappa shape index (κ3) is 3.25. The van der Waals surface area contributed by atoms with E-state index in [0.717, 1.165) is 6.54 Å². The van der Waals surface area contributed by atoms with Crippen LogP contribution in [0.25, 0.3) is 10.8 Å². The van der Waals surface area contributed by atoms with E-state index in [4.69, 9.17) is 0 Å². The molecule has 0 saturated carbocycles. The lowest BCUT2D eigenvalue weighted by atomic mass is 10.0. The number of hydrogen-bond donors (Lipinski definition) is 1. The van der Waals surface area contributed by atoms with Crippen LogP contribution >= 0.6 is 0 Å². The molecule has 3 aromatic rings. The molecule has 0 aromatic heterocycles. The van der Waals surface area contributed by atoms with Crippen molar-refractivity contribution in [1.82, 2.24) is 0 Å². The Bertz CT molecular complexity index is 743. The summed E-state index contributed by atoms with van der Waals surface area (Å²) in [5.41, 5.74) is 3.87. The van der Waals surface area contributed by atoms with Crippen LogP contribution in [0.2, 0.25) is 0 Å². The fourth-order valence-corrected chi connectivity index (χ4v) is 2.56. The molecular weight excluding hydrogens is 254 g/mol. The molecule has 0 heterocycles. The third-order valence-corrected chi connectivity index (χ3v) is 3.86. The van der Waals surface area contributed by atoms with E-state index in [1.165, 1.54) is 27.6 Å². The molecule has 0 spiro atoms. The molecule has 21 heavy (non-hydrogen) atoms. The zero-order valence-corrected chi connectivity index (χ0v) is 12.6. The molecule has 0 atom stereocenters. The van der Waals surface area contributed by atoms with Gasteiger partial charge in [-0.05, 0) is 46.0 Å². The lowest BCUT2D eigenvalue weighted by Crippen LogP contribution is -2.00. The Morgan fingerprint density at radius 3 is 2.43 bits per heavy atom. The van der Waals surface area contributed by atoms with Crippen LogP contribution in [0.4, 0.5) is 5.69 Å². The molecular formula is C20H21N. The van der Waals surface area contributed by atoms with Crippen molar-refractivity contribution in [2.24, 2.45) is 0 Å². The molecule has 0 saturated heterocycles. The normalized spacial score (nSPS) is 11.0. The Balaban J connectivity index is 1.75. The summed E-state index contributed by atoms with van der Waals surface area (Å²) in [6.45, 7) is 5.30. The van der Waals surface area contributed by atoms with Crippen molar-refractivity contribution in [1.29, 1.82) is 0 Å². The first-order chi connectivity index (χ1) is 10.2. The van der Waals surface area contributed by atoms with Crippen molar-refractivity contribution in [3.63, 3.8) is 0 Å². The van der Waals surface area contributed by atoms with Crippen molar-refractivity contribution in [2.45, 2.75) is 26.3 Å². The summed E-state index contributed by atoms with van der Waals surface area (Å²) in [5, 5.41) is 6.11. The quantitative estimate of drug-likeness (QED) is 0.656. The van der Waals surface area contributed by atoms with Crippen LogP contribution in [0.1, 0.15) is 30.9 Å². The largest absolute Gasteiger partial charge is 0.381 e. The van der Waals surface area contributed by atoms with Crippen molar-refractivity contribution in [2.75, 3.05) is 5.32 Å². The van der Waals surface area contributed by atoms with Gasteiger partial charge in [0.25, 0.3) is 0 Å². The van der Waals surface area contributed by atoms with Gasteiger partial charge in [0.1, 0.15) is 0 Å². The molecule has 0 amide bonds. The van der Waals surface area contributed by atoms with E-state index in [9.17, 15) is 0 Å². The fourth-order valence-electron chi connectivity index (χ4n) is 2.56. The number of hydrogen-bond acceptors (Lipinski definition) is 1. The van der Waals surface area contributed by atoms with Gasteiger partial charge in [-0.1, -0.05) is 62.4 Å². The van der Waals surface area contributed by atoms with Gasteiger partial charge in [-0.2, -0.15) is 0 Å². The Kier molecular flexibility index (Phi) is 3.92. The van der Waals surface area contributed by atoms with Crippen LogP contribution in [0.5, 0.6) is 0 Å². The minimum Gasteiger partial charge on any atom is -0.381 e. The Hall–Kier alpha value is -2.28. The molecule has 3 rings (SSSR count). The number of fused-ring (bicyclic) bond motifs is 1. The molecule has 0 aliphatic rings. The molecule has 0 unspecified atom stereocenters. The van der Waals surface area contributed by atoms with E-state index in [2.05, 4.69) is 85.9 Å². The van der Waals surface area contributed by atoms with Crippen LogP contribution in [-0.4, -0.2) is 0 Å². The third-order valence-electron chi connectivity index (χ3n) is 3.86. The highest BCUT2D eigenvalue weighted by Crippen LogP contribution is 2.20. The van der Waals surface area contributed by atoms with Crippen molar-refractivity contribution < 1.29 is 0 Å². The molecule has 1 heteroatoms. The van der Waals surface area contributed by atoms with Gasteiger partial charge in [0.2, 0.25) is 0 Å². The maximum atomic E-state index is 3.52. The van der Waals surface area contributed by atoms with E-state index in [1.807, 2.05) is 0 Å². The fraction of sp³-hybridized carbons (Fsp3) is 0.200. The molecule has 106 valence electrons. The van der Waals surface area contributed by atoms with Crippen molar-refractivity contribution in [3.05, 3.63) is 77.9 Å². The predicted molar refractivity (Wildman–Crippen MR) is 91.8 cm³/mol. The Morgan fingerprint density at radius 2 is 1.62 bits per heavy atom. The Labute approximate surface area is 126 Å². The first-order valence-corrected chi connectivity index (χ1v) is 7.54. The highest BCUT2D eigenvalue weighted by atomic mass is 14.9. The highest BCUT2D eigenvalue weighted by Gasteiger charge is 2.01. The van der Waals surface area contributed by atoms with Crippen molar-refractivity contribution in [3.8, 4) is 0 Å². The van der Waals surface area contributed by atoms with Crippen LogP contribution in [0.15, 0.2) is 66.7 Å². The number of benzene rings is 3. The summed E-state index contributed by atoms with van der Waals surface area (Å²) >= 11 is 0. The molecule has 0 aliphatic heterocycles. The van der Waals surface area contributed by atoms with Crippen LogP contribution in [-0.2, 0) is 6.54 Å². The number of rotatable bonds is 4. The Morgan fingerprint density at radius 1 is 0.810 bits per heavy atom. The summed E-state index contributed by atoms with van der Waals surface area (Å²) in [6.07, 6.45) is 0. The van der Waals surface area contributed by atoms with Gasteiger partial charge in [0.05, 0.1) is 0 Å². The minimum atomic E-state index is 0.562. The van der Waals surface area contributed by atoms with E-state index < -0.39 is 0 Å². The smallest absolute Gasteiger partial charge is 0.0401 e. The SMILES string of the molecule is CC(C)c1cccc(NCc2ccc3ccccc3c2)c1. The first kappa shape index (κ1) is 13.7. The topological polar surface area (TPSA) is 12.0 Å². The monoisotopic (exact) mass is 275 g/mol. The average molecular weight is 275 g/mol. The zero-order chi connectivity index (χ0) is 14.7. The number of nitrogens with one attached hydrogen (secondary N) is 1. The lowest BCUT2D eigenvalue weighted by Gasteiger charge is -2.11. The van der Waals surface area contributed by atoms with Gasteiger partial charge >= 0.3 is 0 Å². The summed E-state index contributed by atoms with van der Waals surface area (Å²) in [4.78, 5) is 0. The average Bonchev–Trinajstić information content (AvgIpc) is 2.53. The van der Waals surface area contributed by atoms with E-state index in [-0.39, 0.29) is 0 Å². The van der Waals surface area contributed by atoms with Gasteiger partial charge in [0, 0.05) is 12.2 Å². The predicted octanol–water partition coefficient (Wildman–Crippen LogP) is 5.58. The standard InChI is InChI=1S/C20H21N/c1-15(2)18-8-5-9-20(13-18)21-14-16-10-11-17-6-3-4-7-19(17)12-16/h3-13,15,21H,14H2,1-2H3. The molecule has 0 bridgehead atoms. The summed E-state index contributed by atoms with van der Waals surface area (Å²) < 4.78 is 0. The van der Waals surface area contributed by atoms with Crippen molar-refractivity contribution >= 4 is 16.5 Å². The van der Waals surface area contributed by atoms with E-state index in [0.29, 0.717) is 5.92 Å². The minimum absolute atomic E-state index is 0.562. The maximum Gasteiger partial charge on any atom is 0.0401 e. The van der Waals surface area contributed by atoms with Gasteiger partial charge in [0.15, 0.2) is 0 Å². The maximum absolute atomic E-state index is 3.52. The summed E-state index contributed by atoms with van der Waals surface area (Å²) in [5.74, 6) is 0.562. The molecule has 0 aliphatic carbocycles. The molecule has 3 aromatic carbocycles. The van der Waals surface area contributed by atoms with Crippen LogP contribution in [0, 0.1) is 0 Å². The van der Waals surface area contributed by atoms with Gasteiger partial charge in [-0.15, -0.1) is 0 Å². The summed E-state index contributed by atoms with van der Waals surface area (Å²) in [7, 11) is 0. The summed E-state index contributed by atoms with van der Waals surface area (Å²) in [6, 6.07) is 23.8. The molecule has 0 fully saturated rings.